The van der Waals surface area contributed by atoms with Crippen molar-refractivity contribution in [3.8, 4) is 0 Å². The molecule has 0 aliphatic heterocycles. The summed E-state index contributed by atoms with van der Waals surface area (Å²) in [5.74, 6) is 0.645. The van der Waals surface area contributed by atoms with Crippen LogP contribution in [0.5, 0.6) is 0 Å². The lowest BCUT2D eigenvalue weighted by atomic mass is 9.89. The number of nitro groups is 1. The number of nitrogens with zero attached hydrogens (tertiary/aromatic N) is 3. The Balaban J connectivity index is 2.06. The van der Waals surface area contributed by atoms with E-state index in [1.54, 1.807) is 11.6 Å². The molecule has 0 saturated heterocycles. The average molecular weight is 223 g/mol. The highest BCUT2D eigenvalue weighted by molar-refractivity contribution is 5.31. The van der Waals surface area contributed by atoms with Crippen molar-refractivity contribution in [1.29, 1.82) is 0 Å². The lowest BCUT2D eigenvalue weighted by Gasteiger charge is -2.21. The molecule has 0 amide bonds. The number of hydrogen-bond acceptors (Lipinski definition) is 3. The third kappa shape index (κ3) is 2.23. The van der Waals surface area contributed by atoms with Gasteiger partial charge in [-0.15, -0.1) is 0 Å². The van der Waals surface area contributed by atoms with Crippen LogP contribution in [0, 0.1) is 23.0 Å². The normalized spacial score (nSPS) is 17.6. The zero-order chi connectivity index (χ0) is 11.5. The Morgan fingerprint density at radius 3 is 2.75 bits per heavy atom. The van der Waals surface area contributed by atoms with Crippen molar-refractivity contribution in [2.24, 2.45) is 5.92 Å². The Labute approximate surface area is 94.6 Å². The molecule has 88 valence electrons. The van der Waals surface area contributed by atoms with Gasteiger partial charge in [-0.05, 0) is 25.7 Å². The van der Waals surface area contributed by atoms with Gasteiger partial charge in [0.15, 0.2) is 0 Å². The van der Waals surface area contributed by atoms with E-state index in [2.05, 4.69) is 5.10 Å². The van der Waals surface area contributed by atoms with Crippen molar-refractivity contribution in [3.63, 3.8) is 0 Å². The third-order valence-electron chi connectivity index (χ3n) is 3.43. The molecule has 0 bridgehead atoms. The highest BCUT2D eigenvalue weighted by atomic mass is 16.6. The molecule has 1 aromatic heterocycles. The topological polar surface area (TPSA) is 61.0 Å². The molecule has 0 aromatic carbocycles. The van der Waals surface area contributed by atoms with Crippen molar-refractivity contribution < 1.29 is 4.92 Å². The van der Waals surface area contributed by atoms with Gasteiger partial charge in [0.2, 0.25) is 0 Å². The summed E-state index contributed by atoms with van der Waals surface area (Å²) < 4.78 is 1.79. The first-order valence-electron chi connectivity index (χ1n) is 5.85. The number of hydrogen-bond donors (Lipinski definition) is 0. The van der Waals surface area contributed by atoms with Crippen LogP contribution in [0.1, 0.15) is 37.8 Å². The van der Waals surface area contributed by atoms with Gasteiger partial charge in [0, 0.05) is 6.54 Å². The summed E-state index contributed by atoms with van der Waals surface area (Å²) in [7, 11) is 0. The fourth-order valence-corrected chi connectivity index (χ4v) is 2.41. The van der Waals surface area contributed by atoms with Gasteiger partial charge in [-0.2, -0.15) is 5.10 Å². The van der Waals surface area contributed by atoms with E-state index in [1.807, 2.05) is 0 Å². The minimum atomic E-state index is -0.361. The molecule has 1 aromatic rings. The summed E-state index contributed by atoms with van der Waals surface area (Å²) in [6.07, 6.45) is 7.72. The Bertz CT molecular complexity index is 381. The maximum Gasteiger partial charge on any atom is 0.309 e. The molecule has 0 radical (unpaired) electrons. The van der Waals surface area contributed by atoms with E-state index in [-0.39, 0.29) is 10.6 Å². The average Bonchev–Trinajstić information content (AvgIpc) is 2.62. The van der Waals surface area contributed by atoms with Crippen molar-refractivity contribution in [2.75, 3.05) is 0 Å². The fraction of sp³-hybridized carbons (Fsp3) is 0.727. The van der Waals surface area contributed by atoms with Crippen LogP contribution < -0.4 is 0 Å². The van der Waals surface area contributed by atoms with Gasteiger partial charge in [0.1, 0.15) is 11.9 Å². The summed E-state index contributed by atoms with van der Waals surface area (Å²) >= 11 is 0. The fourth-order valence-electron chi connectivity index (χ4n) is 2.41. The van der Waals surface area contributed by atoms with Gasteiger partial charge in [0.25, 0.3) is 0 Å². The second-order valence-electron chi connectivity index (χ2n) is 4.56. The molecule has 5 nitrogen and oxygen atoms in total. The predicted octanol–water partition coefficient (Wildman–Crippen LogP) is 2.68. The lowest BCUT2D eigenvalue weighted by Crippen LogP contribution is -2.16. The highest BCUT2D eigenvalue weighted by Gasteiger charge is 2.20. The van der Waals surface area contributed by atoms with Crippen LogP contribution in [-0.2, 0) is 6.54 Å². The molecule has 16 heavy (non-hydrogen) atoms. The monoisotopic (exact) mass is 223 g/mol. The SMILES string of the molecule is Cc1c([N+](=O)[O-])cnn1CC1CCCCC1. The minimum Gasteiger partial charge on any atom is -0.262 e. The molecule has 1 aliphatic carbocycles. The van der Waals surface area contributed by atoms with E-state index in [4.69, 9.17) is 0 Å². The Morgan fingerprint density at radius 1 is 1.50 bits per heavy atom. The zero-order valence-electron chi connectivity index (χ0n) is 9.56. The van der Waals surface area contributed by atoms with Gasteiger partial charge >= 0.3 is 5.69 Å². The van der Waals surface area contributed by atoms with Crippen LogP contribution >= 0.6 is 0 Å². The van der Waals surface area contributed by atoms with Crippen molar-refractivity contribution in [2.45, 2.75) is 45.6 Å². The van der Waals surface area contributed by atoms with Crippen LogP contribution in [0.15, 0.2) is 6.20 Å². The predicted molar refractivity (Wildman–Crippen MR) is 60.2 cm³/mol. The molecule has 1 saturated carbocycles. The van der Waals surface area contributed by atoms with E-state index >= 15 is 0 Å². The second kappa shape index (κ2) is 4.63. The number of rotatable bonds is 3. The molecule has 1 fully saturated rings. The Morgan fingerprint density at radius 2 is 2.19 bits per heavy atom. The first-order valence-corrected chi connectivity index (χ1v) is 5.85. The van der Waals surface area contributed by atoms with E-state index in [0.717, 1.165) is 6.54 Å². The molecule has 0 N–H and O–H groups in total. The quantitative estimate of drug-likeness (QED) is 0.584. The molecule has 2 rings (SSSR count). The summed E-state index contributed by atoms with van der Waals surface area (Å²) in [6, 6.07) is 0. The summed E-state index contributed by atoms with van der Waals surface area (Å²) in [5.41, 5.74) is 0.811. The first-order chi connectivity index (χ1) is 7.68. The maximum atomic E-state index is 10.7. The Kier molecular flexibility index (Phi) is 3.22. The summed E-state index contributed by atoms with van der Waals surface area (Å²) in [4.78, 5) is 10.3. The smallest absolute Gasteiger partial charge is 0.262 e. The molecule has 0 unspecified atom stereocenters. The zero-order valence-corrected chi connectivity index (χ0v) is 9.56. The third-order valence-corrected chi connectivity index (χ3v) is 3.43. The summed E-state index contributed by atoms with van der Waals surface area (Å²) in [5, 5.41) is 14.8. The molecular weight excluding hydrogens is 206 g/mol. The van der Waals surface area contributed by atoms with E-state index in [1.165, 1.54) is 38.3 Å². The molecule has 0 spiro atoms. The van der Waals surface area contributed by atoms with Crippen LogP contribution in [0.3, 0.4) is 0 Å². The standard InChI is InChI=1S/C11H17N3O2/c1-9-11(14(15)16)7-12-13(9)8-10-5-3-2-4-6-10/h7,10H,2-6,8H2,1H3. The van der Waals surface area contributed by atoms with Gasteiger partial charge in [-0.1, -0.05) is 19.3 Å². The Hall–Kier alpha value is -1.39. The van der Waals surface area contributed by atoms with E-state index in [0.29, 0.717) is 11.6 Å². The molecule has 1 heterocycles. The molecule has 0 atom stereocenters. The van der Waals surface area contributed by atoms with Crippen molar-refractivity contribution >= 4 is 5.69 Å². The van der Waals surface area contributed by atoms with Crippen LogP contribution in [-0.4, -0.2) is 14.7 Å². The van der Waals surface area contributed by atoms with Crippen molar-refractivity contribution in [3.05, 3.63) is 22.0 Å². The largest absolute Gasteiger partial charge is 0.309 e. The van der Waals surface area contributed by atoms with Crippen molar-refractivity contribution in [1.82, 2.24) is 9.78 Å². The highest BCUT2D eigenvalue weighted by Crippen LogP contribution is 2.26. The van der Waals surface area contributed by atoms with Crippen LogP contribution in [0.4, 0.5) is 5.69 Å². The van der Waals surface area contributed by atoms with Crippen LogP contribution in [0.25, 0.3) is 0 Å². The summed E-state index contributed by atoms with van der Waals surface area (Å²) in [6.45, 7) is 2.60. The first kappa shape index (κ1) is 11.1. The van der Waals surface area contributed by atoms with Gasteiger partial charge < -0.3 is 0 Å². The van der Waals surface area contributed by atoms with E-state index in [9.17, 15) is 10.1 Å². The molecular formula is C11H17N3O2. The minimum absolute atomic E-state index is 0.135. The van der Waals surface area contributed by atoms with Gasteiger partial charge in [-0.25, -0.2) is 0 Å². The van der Waals surface area contributed by atoms with Crippen LogP contribution in [0.2, 0.25) is 0 Å². The lowest BCUT2D eigenvalue weighted by molar-refractivity contribution is -0.385. The second-order valence-corrected chi connectivity index (χ2v) is 4.56. The van der Waals surface area contributed by atoms with Gasteiger partial charge in [0.05, 0.1) is 4.92 Å². The van der Waals surface area contributed by atoms with E-state index < -0.39 is 0 Å². The molecule has 1 aliphatic rings. The number of aromatic nitrogens is 2. The van der Waals surface area contributed by atoms with Gasteiger partial charge in [-0.3, -0.25) is 14.8 Å². The molecule has 5 heteroatoms. The maximum absolute atomic E-state index is 10.7.